The van der Waals surface area contributed by atoms with Gasteiger partial charge >= 0.3 is 0 Å². The molecule has 0 aromatic heterocycles. The van der Waals surface area contributed by atoms with Gasteiger partial charge in [0.2, 0.25) is 0 Å². The number of benzene rings is 1. The van der Waals surface area contributed by atoms with Gasteiger partial charge in [0.1, 0.15) is 6.61 Å². The molecule has 4 heteroatoms. The molecule has 3 rings (SSSR count). The Morgan fingerprint density at radius 2 is 2.15 bits per heavy atom. The second-order valence-corrected chi connectivity index (χ2v) is 6.45. The summed E-state index contributed by atoms with van der Waals surface area (Å²) in [6.45, 7) is 4.91. The lowest BCUT2D eigenvalue weighted by atomic mass is 9.93. The summed E-state index contributed by atoms with van der Waals surface area (Å²) in [5, 5.41) is 9.85. The van der Waals surface area contributed by atoms with Crippen LogP contribution in [-0.4, -0.2) is 35.2 Å². The van der Waals surface area contributed by atoms with Crippen LogP contribution in [-0.2, 0) is 5.60 Å². The lowest BCUT2D eigenvalue weighted by Gasteiger charge is -2.27. The molecular weight excluding hydrogens is 257 g/mol. The van der Waals surface area contributed by atoms with Gasteiger partial charge in [-0.1, -0.05) is 12.5 Å². The molecule has 2 aliphatic rings. The maximum atomic E-state index is 13.9. The van der Waals surface area contributed by atoms with Crippen molar-refractivity contribution >= 4 is 0 Å². The van der Waals surface area contributed by atoms with Gasteiger partial charge in [0.05, 0.1) is 11.6 Å². The first-order valence-corrected chi connectivity index (χ1v) is 7.36. The molecule has 1 aromatic rings. The van der Waals surface area contributed by atoms with Gasteiger partial charge in [0.15, 0.2) is 11.6 Å². The zero-order chi connectivity index (χ0) is 14.3. The highest BCUT2D eigenvalue weighted by atomic mass is 19.1. The maximum Gasteiger partial charge on any atom is 0.165 e. The van der Waals surface area contributed by atoms with Crippen LogP contribution in [0.1, 0.15) is 38.7 Å². The Kier molecular flexibility index (Phi) is 3.46. The highest BCUT2D eigenvalue weighted by molar-refractivity contribution is 5.32. The Balaban J connectivity index is 1.55. The summed E-state index contributed by atoms with van der Waals surface area (Å²) in [4.78, 5) is 2.44. The summed E-state index contributed by atoms with van der Waals surface area (Å²) in [5.74, 6) is -0.126. The summed E-state index contributed by atoms with van der Waals surface area (Å²) in [6.07, 6.45) is 3.93. The van der Waals surface area contributed by atoms with Gasteiger partial charge in [-0.3, -0.25) is 4.90 Å². The Hall–Kier alpha value is -1.13. The average Bonchev–Trinajstić information content (AvgIpc) is 3.03. The summed E-state index contributed by atoms with van der Waals surface area (Å²) in [5.41, 5.74) is -0.471. The van der Waals surface area contributed by atoms with E-state index in [9.17, 15) is 9.50 Å². The van der Waals surface area contributed by atoms with E-state index in [2.05, 4.69) is 4.90 Å². The molecule has 1 N–H and O–H groups in total. The van der Waals surface area contributed by atoms with Gasteiger partial charge < -0.3 is 9.84 Å². The minimum Gasteiger partial charge on any atom is -0.489 e. The van der Waals surface area contributed by atoms with Gasteiger partial charge in [-0.25, -0.2) is 4.39 Å². The SMILES string of the molecule is CC(C)(O)c1ccc(OCC2CN2C2CCC2)c(F)c1. The highest BCUT2D eigenvalue weighted by Crippen LogP contribution is 2.34. The van der Waals surface area contributed by atoms with Crippen LogP contribution in [0.15, 0.2) is 18.2 Å². The second-order valence-electron chi connectivity index (χ2n) is 6.45. The standard InChI is InChI=1S/C16H22FNO2/c1-16(2,19)11-6-7-15(14(17)8-11)20-10-13-9-18(13)12-4-3-5-12/h6-8,12-13,19H,3-5,9-10H2,1-2H3. The van der Waals surface area contributed by atoms with E-state index in [-0.39, 0.29) is 5.75 Å². The van der Waals surface area contributed by atoms with E-state index in [1.807, 2.05) is 0 Å². The van der Waals surface area contributed by atoms with Crippen molar-refractivity contribution in [2.24, 2.45) is 0 Å². The molecule has 1 aromatic carbocycles. The molecule has 2 fully saturated rings. The van der Waals surface area contributed by atoms with E-state index in [0.717, 1.165) is 12.6 Å². The van der Waals surface area contributed by atoms with E-state index in [0.29, 0.717) is 18.2 Å². The maximum absolute atomic E-state index is 13.9. The molecule has 1 aliphatic carbocycles. The molecule has 1 aliphatic heterocycles. The number of ether oxygens (including phenoxy) is 1. The molecule has 0 amide bonds. The topological polar surface area (TPSA) is 32.5 Å². The van der Waals surface area contributed by atoms with Crippen LogP contribution in [0, 0.1) is 5.82 Å². The first-order chi connectivity index (χ1) is 9.45. The first kappa shape index (κ1) is 13.8. The van der Waals surface area contributed by atoms with Crippen molar-refractivity contribution in [2.75, 3.05) is 13.2 Å². The lowest BCUT2D eigenvalue weighted by Crippen LogP contribution is -2.29. The number of rotatable bonds is 5. The van der Waals surface area contributed by atoms with Crippen molar-refractivity contribution < 1.29 is 14.2 Å². The zero-order valence-electron chi connectivity index (χ0n) is 12.1. The van der Waals surface area contributed by atoms with E-state index in [1.54, 1.807) is 26.0 Å². The predicted molar refractivity (Wildman–Crippen MR) is 75.3 cm³/mol. The van der Waals surface area contributed by atoms with Crippen LogP contribution >= 0.6 is 0 Å². The molecule has 1 saturated carbocycles. The number of nitrogens with zero attached hydrogens (tertiary/aromatic N) is 1. The fourth-order valence-corrected chi connectivity index (χ4v) is 2.69. The minimum absolute atomic E-state index is 0.276. The molecule has 2 unspecified atom stereocenters. The van der Waals surface area contributed by atoms with E-state index >= 15 is 0 Å². The van der Waals surface area contributed by atoms with Crippen LogP contribution in [0.4, 0.5) is 4.39 Å². The molecule has 2 atom stereocenters. The van der Waals surface area contributed by atoms with Crippen LogP contribution in [0.25, 0.3) is 0 Å². The minimum atomic E-state index is -1.03. The van der Waals surface area contributed by atoms with Gasteiger partial charge in [-0.15, -0.1) is 0 Å². The Labute approximate surface area is 119 Å². The largest absolute Gasteiger partial charge is 0.489 e. The number of halogens is 1. The normalized spacial score (nSPS) is 26.2. The average molecular weight is 279 g/mol. The molecule has 0 radical (unpaired) electrons. The van der Waals surface area contributed by atoms with Crippen LogP contribution in [0.3, 0.4) is 0 Å². The smallest absolute Gasteiger partial charge is 0.165 e. The van der Waals surface area contributed by atoms with Crippen molar-refractivity contribution in [1.82, 2.24) is 4.90 Å². The zero-order valence-corrected chi connectivity index (χ0v) is 12.1. The van der Waals surface area contributed by atoms with Crippen LogP contribution in [0.5, 0.6) is 5.75 Å². The fraction of sp³-hybridized carbons (Fsp3) is 0.625. The van der Waals surface area contributed by atoms with E-state index < -0.39 is 11.4 Å². The third-order valence-corrected chi connectivity index (χ3v) is 4.37. The Morgan fingerprint density at radius 3 is 2.70 bits per heavy atom. The predicted octanol–water partition coefficient (Wildman–Crippen LogP) is 2.67. The third-order valence-electron chi connectivity index (χ3n) is 4.37. The van der Waals surface area contributed by atoms with Gasteiger partial charge in [-0.2, -0.15) is 0 Å². The number of aliphatic hydroxyl groups is 1. The monoisotopic (exact) mass is 279 g/mol. The number of hydrogen-bond acceptors (Lipinski definition) is 3. The van der Waals surface area contributed by atoms with E-state index in [1.165, 1.54) is 25.3 Å². The van der Waals surface area contributed by atoms with Crippen molar-refractivity contribution in [3.05, 3.63) is 29.6 Å². The van der Waals surface area contributed by atoms with Gasteiger partial charge in [0.25, 0.3) is 0 Å². The second kappa shape index (κ2) is 5.01. The Morgan fingerprint density at radius 1 is 1.40 bits per heavy atom. The molecule has 1 heterocycles. The van der Waals surface area contributed by atoms with Crippen molar-refractivity contribution in [1.29, 1.82) is 0 Å². The highest BCUT2D eigenvalue weighted by Gasteiger charge is 2.42. The fourth-order valence-electron chi connectivity index (χ4n) is 2.69. The quantitative estimate of drug-likeness (QED) is 0.841. The molecule has 110 valence electrons. The Bertz CT molecular complexity index is 494. The summed E-state index contributed by atoms with van der Waals surface area (Å²) >= 11 is 0. The molecule has 20 heavy (non-hydrogen) atoms. The molecular formula is C16H22FNO2. The summed E-state index contributed by atoms with van der Waals surface area (Å²) in [7, 11) is 0. The molecule has 0 spiro atoms. The van der Waals surface area contributed by atoms with Crippen LogP contribution in [0.2, 0.25) is 0 Å². The number of hydrogen-bond donors (Lipinski definition) is 1. The van der Waals surface area contributed by atoms with Gasteiger partial charge in [0, 0.05) is 12.6 Å². The summed E-state index contributed by atoms with van der Waals surface area (Å²) < 4.78 is 19.5. The van der Waals surface area contributed by atoms with Gasteiger partial charge in [-0.05, 0) is 44.4 Å². The van der Waals surface area contributed by atoms with Crippen LogP contribution < -0.4 is 4.74 Å². The molecule has 3 nitrogen and oxygen atoms in total. The van der Waals surface area contributed by atoms with E-state index in [4.69, 9.17) is 4.74 Å². The van der Waals surface area contributed by atoms with Crippen molar-refractivity contribution in [2.45, 2.75) is 50.8 Å². The van der Waals surface area contributed by atoms with Crippen molar-refractivity contribution in [3.63, 3.8) is 0 Å². The molecule has 1 saturated heterocycles. The molecule has 0 bridgehead atoms. The third kappa shape index (κ3) is 2.81. The lowest BCUT2D eigenvalue weighted by molar-refractivity contribution is 0.0781. The first-order valence-electron chi connectivity index (χ1n) is 7.36. The summed E-state index contributed by atoms with van der Waals surface area (Å²) in [6, 6.07) is 5.87. The van der Waals surface area contributed by atoms with Crippen molar-refractivity contribution in [3.8, 4) is 5.75 Å².